The number of para-hydroxylation sites is 2. The summed E-state index contributed by atoms with van der Waals surface area (Å²) in [6.45, 7) is 9.28. The summed E-state index contributed by atoms with van der Waals surface area (Å²) in [4.78, 5) is 8.56. The standard InChI is InChI=1S/C19H24N4O2/c1-4-24-16-7-5-6-8-17(16)25-18-10-9-15(12-21-18)13-23-19(20)22-11-14(2)3/h5-10,12H,2,4,11,13H2,1,3H3,(H3,20,22,23). The Hall–Kier alpha value is -3.02. The van der Waals surface area contributed by atoms with Gasteiger partial charge in [0.05, 0.1) is 13.2 Å². The molecule has 0 atom stereocenters. The molecule has 0 aliphatic heterocycles. The minimum atomic E-state index is 0.383. The second-order valence-electron chi connectivity index (χ2n) is 5.50. The largest absolute Gasteiger partial charge is 0.490 e. The van der Waals surface area contributed by atoms with Gasteiger partial charge in [0.25, 0.3) is 0 Å². The van der Waals surface area contributed by atoms with E-state index in [-0.39, 0.29) is 0 Å². The first kappa shape index (κ1) is 18.3. The van der Waals surface area contributed by atoms with Crippen molar-refractivity contribution >= 4 is 5.96 Å². The third-order valence-electron chi connectivity index (χ3n) is 3.16. The first-order valence-electron chi connectivity index (χ1n) is 8.11. The zero-order chi connectivity index (χ0) is 18.1. The summed E-state index contributed by atoms with van der Waals surface area (Å²) in [5.74, 6) is 2.20. The minimum Gasteiger partial charge on any atom is -0.490 e. The van der Waals surface area contributed by atoms with Crippen LogP contribution in [-0.4, -0.2) is 24.1 Å². The van der Waals surface area contributed by atoms with Crippen LogP contribution < -0.4 is 20.5 Å². The van der Waals surface area contributed by atoms with E-state index in [2.05, 4.69) is 21.9 Å². The number of pyridine rings is 1. The fourth-order valence-corrected chi connectivity index (χ4v) is 1.96. The van der Waals surface area contributed by atoms with Crippen LogP contribution in [0.2, 0.25) is 0 Å². The maximum atomic E-state index is 5.79. The number of benzene rings is 1. The van der Waals surface area contributed by atoms with Crippen molar-refractivity contribution in [3.05, 3.63) is 60.3 Å². The van der Waals surface area contributed by atoms with Gasteiger partial charge in [-0.25, -0.2) is 9.98 Å². The first-order valence-corrected chi connectivity index (χ1v) is 8.11. The van der Waals surface area contributed by atoms with Gasteiger partial charge in [-0.05, 0) is 31.5 Å². The summed E-state index contributed by atoms with van der Waals surface area (Å²) in [6, 6.07) is 11.2. The Labute approximate surface area is 148 Å². The van der Waals surface area contributed by atoms with Crippen LogP contribution in [0.1, 0.15) is 19.4 Å². The molecule has 0 unspecified atom stereocenters. The molecule has 0 radical (unpaired) electrons. The lowest BCUT2D eigenvalue weighted by Crippen LogP contribution is -2.32. The molecular formula is C19H24N4O2. The van der Waals surface area contributed by atoms with Gasteiger partial charge in [-0.2, -0.15) is 0 Å². The van der Waals surface area contributed by atoms with Crippen molar-refractivity contribution in [2.24, 2.45) is 10.7 Å². The van der Waals surface area contributed by atoms with Crippen LogP contribution in [0, 0.1) is 0 Å². The Balaban J connectivity index is 1.96. The number of ether oxygens (including phenoxy) is 2. The van der Waals surface area contributed by atoms with Crippen LogP contribution in [0.5, 0.6) is 17.4 Å². The van der Waals surface area contributed by atoms with Crippen molar-refractivity contribution in [1.29, 1.82) is 0 Å². The number of aromatic nitrogens is 1. The van der Waals surface area contributed by atoms with E-state index >= 15 is 0 Å². The second kappa shape index (κ2) is 9.32. The third-order valence-corrected chi connectivity index (χ3v) is 3.16. The van der Waals surface area contributed by atoms with E-state index < -0.39 is 0 Å². The molecule has 2 aromatic rings. The van der Waals surface area contributed by atoms with Gasteiger partial charge in [0, 0.05) is 18.8 Å². The number of rotatable bonds is 8. The number of aliphatic imine (C=N–C) groups is 1. The van der Waals surface area contributed by atoms with E-state index in [1.54, 1.807) is 12.3 Å². The van der Waals surface area contributed by atoms with Crippen LogP contribution in [-0.2, 0) is 6.54 Å². The summed E-state index contributed by atoms with van der Waals surface area (Å²) in [5.41, 5.74) is 7.72. The molecular weight excluding hydrogens is 316 g/mol. The number of nitrogens with two attached hydrogens (primary N) is 1. The van der Waals surface area contributed by atoms with E-state index in [0.717, 1.165) is 11.1 Å². The fourth-order valence-electron chi connectivity index (χ4n) is 1.96. The van der Waals surface area contributed by atoms with Crippen molar-refractivity contribution in [2.45, 2.75) is 20.4 Å². The lowest BCUT2D eigenvalue weighted by atomic mass is 10.3. The van der Waals surface area contributed by atoms with Crippen molar-refractivity contribution in [1.82, 2.24) is 10.3 Å². The quantitative estimate of drug-likeness (QED) is 0.438. The summed E-state index contributed by atoms with van der Waals surface area (Å²) >= 11 is 0. The number of nitrogens with one attached hydrogen (secondary N) is 1. The predicted octanol–water partition coefficient (Wildman–Crippen LogP) is 3.25. The number of guanidine groups is 1. The highest BCUT2D eigenvalue weighted by Crippen LogP contribution is 2.30. The summed E-state index contributed by atoms with van der Waals surface area (Å²) in [6.07, 6.45) is 1.72. The first-order chi connectivity index (χ1) is 12.1. The third kappa shape index (κ3) is 6.18. The van der Waals surface area contributed by atoms with Gasteiger partial charge in [-0.3, -0.25) is 0 Å². The van der Waals surface area contributed by atoms with Gasteiger partial charge in [0.2, 0.25) is 5.88 Å². The van der Waals surface area contributed by atoms with Gasteiger partial charge in [0.15, 0.2) is 17.5 Å². The van der Waals surface area contributed by atoms with E-state index in [0.29, 0.717) is 43.0 Å². The molecule has 0 aliphatic rings. The molecule has 25 heavy (non-hydrogen) atoms. The molecule has 0 aliphatic carbocycles. The van der Waals surface area contributed by atoms with E-state index in [1.165, 1.54) is 0 Å². The SMILES string of the molecule is C=C(C)CNC(N)=NCc1ccc(Oc2ccccc2OCC)nc1. The highest BCUT2D eigenvalue weighted by Gasteiger charge is 2.06. The molecule has 0 amide bonds. The average Bonchev–Trinajstić information content (AvgIpc) is 2.61. The topological polar surface area (TPSA) is 81.8 Å². The number of hydrogen-bond donors (Lipinski definition) is 2. The lowest BCUT2D eigenvalue weighted by molar-refractivity contribution is 0.319. The lowest BCUT2D eigenvalue weighted by Gasteiger charge is -2.10. The van der Waals surface area contributed by atoms with E-state index in [1.807, 2.05) is 44.2 Å². The highest BCUT2D eigenvalue weighted by atomic mass is 16.5. The maximum absolute atomic E-state index is 5.79. The van der Waals surface area contributed by atoms with Crippen LogP contribution in [0.25, 0.3) is 0 Å². The molecule has 6 nitrogen and oxygen atoms in total. The molecule has 0 saturated heterocycles. The van der Waals surface area contributed by atoms with Crippen molar-refractivity contribution in [2.75, 3.05) is 13.2 Å². The van der Waals surface area contributed by atoms with Crippen molar-refractivity contribution < 1.29 is 9.47 Å². The molecule has 0 bridgehead atoms. The van der Waals surface area contributed by atoms with Gasteiger partial charge in [-0.15, -0.1) is 0 Å². The average molecular weight is 340 g/mol. The van der Waals surface area contributed by atoms with Crippen LogP contribution in [0.3, 0.4) is 0 Å². The number of nitrogens with zero attached hydrogens (tertiary/aromatic N) is 2. The molecule has 0 fully saturated rings. The molecule has 1 aromatic heterocycles. The van der Waals surface area contributed by atoms with Gasteiger partial charge in [0.1, 0.15) is 0 Å². The van der Waals surface area contributed by atoms with Gasteiger partial charge in [-0.1, -0.05) is 30.4 Å². The van der Waals surface area contributed by atoms with Gasteiger partial charge < -0.3 is 20.5 Å². The highest BCUT2D eigenvalue weighted by molar-refractivity contribution is 5.78. The molecule has 3 N–H and O–H groups in total. The van der Waals surface area contributed by atoms with Crippen LogP contribution in [0.4, 0.5) is 0 Å². The monoisotopic (exact) mass is 340 g/mol. The van der Waals surface area contributed by atoms with E-state index in [9.17, 15) is 0 Å². The van der Waals surface area contributed by atoms with Crippen LogP contribution in [0.15, 0.2) is 59.7 Å². The molecule has 6 heteroatoms. The Morgan fingerprint density at radius 1 is 1.24 bits per heavy atom. The number of hydrogen-bond acceptors (Lipinski definition) is 4. The zero-order valence-corrected chi connectivity index (χ0v) is 14.7. The fraction of sp³-hybridized carbons (Fsp3) is 0.263. The van der Waals surface area contributed by atoms with Crippen molar-refractivity contribution in [3.63, 3.8) is 0 Å². The molecule has 2 rings (SSSR count). The van der Waals surface area contributed by atoms with Gasteiger partial charge >= 0.3 is 0 Å². The molecule has 0 spiro atoms. The predicted molar refractivity (Wildman–Crippen MR) is 100 cm³/mol. The Morgan fingerprint density at radius 3 is 2.64 bits per heavy atom. The summed E-state index contributed by atoms with van der Waals surface area (Å²) in [5, 5.41) is 2.98. The molecule has 132 valence electrons. The molecule has 1 aromatic carbocycles. The molecule has 0 saturated carbocycles. The summed E-state index contributed by atoms with van der Waals surface area (Å²) < 4.78 is 11.3. The Morgan fingerprint density at radius 2 is 2.00 bits per heavy atom. The maximum Gasteiger partial charge on any atom is 0.219 e. The van der Waals surface area contributed by atoms with Crippen molar-refractivity contribution in [3.8, 4) is 17.4 Å². The normalized spacial score (nSPS) is 11.0. The Kier molecular flexibility index (Phi) is 6.83. The van der Waals surface area contributed by atoms with Crippen LogP contribution >= 0.6 is 0 Å². The smallest absolute Gasteiger partial charge is 0.219 e. The zero-order valence-electron chi connectivity index (χ0n) is 14.7. The minimum absolute atomic E-state index is 0.383. The van der Waals surface area contributed by atoms with E-state index in [4.69, 9.17) is 15.2 Å². The Bertz CT molecular complexity index is 726. The molecule has 1 heterocycles. The summed E-state index contributed by atoms with van der Waals surface area (Å²) in [7, 11) is 0. The second-order valence-corrected chi connectivity index (χ2v) is 5.50.